The second-order valence-electron chi connectivity index (χ2n) is 5.68. The van der Waals surface area contributed by atoms with Gasteiger partial charge in [0.1, 0.15) is 0 Å². The highest BCUT2D eigenvalue weighted by Gasteiger charge is 2.17. The monoisotopic (exact) mass is 319 g/mol. The molecule has 0 radical (unpaired) electrons. The van der Waals surface area contributed by atoms with Crippen LogP contribution in [0.4, 0.5) is 5.69 Å². The van der Waals surface area contributed by atoms with Gasteiger partial charge in [0.25, 0.3) is 0 Å². The Bertz CT molecular complexity index is 875. The summed E-state index contributed by atoms with van der Waals surface area (Å²) in [6.45, 7) is 1.57. The molecule has 0 unspecified atom stereocenters. The lowest BCUT2D eigenvalue weighted by molar-refractivity contribution is 0.279. The number of thiocarbonyl (C=S) groups is 1. The summed E-state index contributed by atoms with van der Waals surface area (Å²) >= 11 is 5.56. The molecule has 1 aliphatic heterocycles. The molecule has 23 heavy (non-hydrogen) atoms. The fourth-order valence-electron chi connectivity index (χ4n) is 2.89. The van der Waals surface area contributed by atoms with E-state index in [9.17, 15) is 0 Å². The van der Waals surface area contributed by atoms with Crippen LogP contribution in [-0.4, -0.2) is 10.1 Å². The molecule has 0 aliphatic carbocycles. The lowest BCUT2D eigenvalue weighted by Crippen LogP contribution is -2.47. The highest BCUT2D eigenvalue weighted by molar-refractivity contribution is 7.80. The molecule has 0 aromatic heterocycles. The van der Waals surface area contributed by atoms with E-state index < -0.39 is 0 Å². The van der Waals surface area contributed by atoms with E-state index in [1.165, 1.54) is 21.9 Å². The number of anilines is 1. The summed E-state index contributed by atoms with van der Waals surface area (Å²) < 4.78 is 0. The molecule has 3 aromatic carbocycles. The molecule has 0 fully saturated rings. The molecule has 0 bridgehead atoms. The van der Waals surface area contributed by atoms with E-state index in [4.69, 9.17) is 12.2 Å². The number of hydrazine groups is 1. The van der Waals surface area contributed by atoms with Crippen LogP contribution in [0.2, 0.25) is 0 Å². The van der Waals surface area contributed by atoms with Gasteiger partial charge in [-0.15, -0.1) is 0 Å². The molecule has 0 saturated heterocycles. The molecule has 0 spiro atoms. The van der Waals surface area contributed by atoms with E-state index in [0.29, 0.717) is 5.11 Å². The van der Waals surface area contributed by atoms with Crippen LogP contribution in [0, 0.1) is 0 Å². The van der Waals surface area contributed by atoms with Gasteiger partial charge in [-0.2, -0.15) is 0 Å². The van der Waals surface area contributed by atoms with Crippen LogP contribution in [-0.2, 0) is 13.1 Å². The summed E-state index contributed by atoms with van der Waals surface area (Å²) in [6.07, 6.45) is 0. The number of benzene rings is 3. The van der Waals surface area contributed by atoms with Crippen molar-refractivity contribution in [1.82, 2.24) is 10.4 Å². The number of fused-ring (bicyclic) bond motifs is 2. The molecule has 1 heterocycles. The summed E-state index contributed by atoms with van der Waals surface area (Å²) in [6, 6.07) is 23.1. The van der Waals surface area contributed by atoms with Crippen molar-refractivity contribution in [3.05, 3.63) is 77.9 Å². The third-order valence-corrected chi connectivity index (χ3v) is 4.48. The summed E-state index contributed by atoms with van der Waals surface area (Å²) in [5, 5.41) is 8.45. The predicted octanol–water partition coefficient (Wildman–Crippen LogP) is 4.06. The van der Waals surface area contributed by atoms with Crippen molar-refractivity contribution in [2.45, 2.75) is 13.1 Å². The minimum Gasteiger partial charge on any atom is -0.331 e. The van der Waals surface area contributed by atoms with Gasteiger partial charge in [0.15, 0.2) is 5.11 Å². The van der Waals surface area contributed by atoms with E-state index in [1.54, 1.807) is 0 Å². The Morgan fingerprint density at radius 2 is 1.65 bits per heavy atom. The molecule has 1 aliphatic rings. The largest absolute Gasteiger partial charge is 0.331 e. The Labute approximate surface area is 140 Å². The normalized spacial score (nSPS) is 13.7. The van der Waals surface area contributed by atoms with Crippen molar-refractivity contribution in [3.8, 4) is 0 Å². The quantitative estimate of drug-likeness (QED) is 0.662. The average Bonchev–Trinajstić information content (AvgIpc) is 2.61. The summed E-state index contributed by atoms with van der Waals surface area (Å²) in [4.78, 5) is 0. The molecule has 114 valence electrons. The van der Waals surface area contributed by atoms with Gasteiger partial charge < -0.3 is 5.32 Å². The molecule has 0 atom stereocenters. The zero-order valence-corrected chi connectivity index (χ0v) is 13.4. The molecular formula is C19H17N3S. The van der Waals surface area contributed by atoms with Crippen molar-refractivity contribution >= 4 is 33.8 Å². The second kappa shape index (κ2) is 5.99. The zero-order chi connectivity index (χ0) is 15.6. The van der Waals surface area contributed by atoms with E-state index >= 15 is 0 Å². The maximum absolute atomic E-state index is 5.56. The average molecular weight is 319 g/mol. The maximum atomic E-state index is 5.56. The summed E-state index contributed by atoms with van der Waals surface area (Å²) in [5.74, 6) is 0. The van der Waals surface area contributed by atoms with Crippen molar-refractivity contribution in [1.29, 1.82) is 0 Å². The first-order valence-corrected chi connectivity index (χ1v) is 8.08. The highest BCUT2D eigenvalue weighted by Crippen LogP contribution is 2.20. The summed E-state index contributed by atoms with van der Waals surface area (Å²) in [7, 11) is 0. The van der Waals surface area contributed by atoms with Gasteiger partial charge in [-0.25, -0.2) is 5.43 Å². The number of hydrogen-bond acceptors (Lipinski definition) is 2. The maximum Gasteiger partial charge on any atom is 0.188 e. The van der Waals surface area contributed by atoms with Crippen LogP contribution in [0.3, 0.4) is 0 Å². The van der Waals surface area contributed by atoms with Crippen LogP contribution in [0.5, 0.6) is 0 Å². The Kier molecular flexibility index (Phi) is 3.69. The Morgan fingerprint density at radius 1 is 0.913 bits per heavy atom. The lowest BCUT2D eigenvalue weighted by atomic mass is 10.1. The lowest BCUT2D eigenvalue weighted by Gasteiger charge is -2.31. The SMILES string of the molecule is S=C(Nc1ccc2ccccc2c1)N1Cc2ccccc2CN1. The van der Waals surface area contributed by atoms with E-state index in [1.807, 2.05) is 11.1 Å². The zero-order valence-electron chi connectivity index (χ0n) is 12.6. The molecule has 2 N–H and O–H groups in total. The Hall–Kier alpha value is -2.43. The first-order valence-electron chi connectivity index (χ1n) is 7.67. The smallest absolute Gasteiger partial charge is 0.188 e. The van der Waals surface area contributed by atoms with Crippen molar-refractivity contribution in [3.63, 3.8) is 0 Å². The summed E-state index contributed by atoms with van der Waals surface area (Å²) in [5.41, 5.74) is 7.02. The third-order valence-electron chi connectivity index (χ3n) is 4.15. The highest BCUT2D eigenvalue weighted by atomic mass is 32.1. The molecule has 3 aromatic rings. The Balaban J connectivity index is 1.51. The Morgan fingerprint density at radius 3 is 2.52 bits per heavy atom. The molecular weight excluding hydrogens is 302 g/mol. The second-order valence-corrected chi connectivity index (χ2v) is 6.07. The van der Waals surface area contributed by atoms with Crippen molar-refractivity contribution in [2.75, 3.05) is 5.32 Å². The van der Waals surface area contributed by atoms with E-state index in [-0.39, 0.29) is 0 Å². The van der Waals surface area contributed by atoms with Gasteiger partial charge >= 0.3 is 0 Å². The van der Waals surface area contributed by atoms with Crippen molar-refractivity contribution in [2.24, 2.45) is 0 Å². The molecule has 4 rings (SSSR count). The number of nitrogens with zero attached hydrogens (tertiary/aromatic N) is 1. The predicted molar refractivity (Wildman–Crippen MR) is 99.0 cm³/mol. The number of nitrogens with one attached hydrogen (secondary N) is 2. The van der Waals surface area contributed by atoms with E-state index in [0.717, 1.165) is 18.8 Å². The van der Waals surface area contributed by atoms with Crippen LogP contribution in [0.1, 0.15) is 11.1 Å². The standard InChI is InChI=1S/C19H17N3S/c23-19(22-13-17-8-4-3-7-16(17)12-20-22)21-18-10-9-14-5-1-2-6-15(14)11-18/h1-11,20H,12-13H2,(H,21,23). The fraction of sp³-hybridized carbons (Fsp3) is 0.105. The molecule has 3 nitrogen and oxygen atoms in total. The molecule has 0 saturated carbocycles. The first kappa shape index (κ1) is 14.2. The first-order chi connectivity index (χ1) is 11.3. The number of hydrogen-bond donors (Lipinski definition) is 2. The molecule has 0 amide bonds. The van der Waals surface area contributed by atoms with Gasteiger partial charge in [0.2, 0.25) is 0 Å². The number of rotatable bonds is 1. The van der Waals surface area contributed by atoms with Gasteiger partial charge in [-0.1, -0.05) is 54.6 Å². The fourth-order valence-corrected chi connectivity index (χ4v) is 3.14. The van der Waals surface area contributed by atoms with Crippen LogP contribution in [0.15, 0.2) is 66.7 Å². The topological polar surface area (TPSA) is 27.3 Å². The van der Waals surface area contributed by atoms with Crippen molar-refractivity contribution < 1.29 is 0 Å². The van der Waals surface area contributed by atoms with Gasteiger partial charge in [-0.05, 0) is 46.2 Å². The minimum absolute atomic E-state index is 0.690. The third kappa shape index (κ3) is 2.91. The minimum atomic E-state index is 0.690. The van der Waals surface area contributed by atoms with Gasteiger partial charge in [-0.3, -0.25) is 5.01 Å². The van der Waals surface area contributed by atoms with Gasteiger partial charge in [0.05, 0.1) is 6.54 Å². The molecule has 4 heteroatoms. The van der Waals surface area contributed by atoms with Crippen LogP contribution < -0.4 is 10.7 Å². The van der Waals surface area contributed by atoms with Gasteiger partial charge in [0, 0.05) is 12.2 Å². The van der Waals surface area contributed by atoms with Crippen LogP contribution >= 0.6 is 12.2 Å². The van der Waals surface area contributed by atoms with Crippen LogP contribution in [0.25, 0.3) is 10.8 Å². The van der Waals surface area contributed by atoms with E-state index in [2.05, 4.69) is 71.4 Å².